The highest BCUT2D eigenvalue weighted by atomic mass is 35.5. The number of thiocarbonyl (C=S) groups is 1. The summed E-state index contributed by atoms with van der Waals surface area (Å²) in [7, 11) is 0. The van der Waals surface area contributed by atoms with Crippen LogP contribution in [0.4, 0.5) is 0 Å². The van der Waals surface area contributed by atoms with Gasteiger partial charge >= 0.3 is 5.97 Å². The van der Waals surface area contributed by atoms with Gasteiger partial charge in [0.25, 0.3) is 0 Å². The minimum atomic E-state index is -0.953. The Kier molecular flexibility index (Phi) is 5.17. The topological polar surface area (TPSA) is 37.3 Å². The molecule has 0 saturated heterocycles. The predicted octanol–water partition coefficient (Wildman–Crippen LogP) is 4.82. The summed E-state index contributed by atoms with van der Waals surface area (Å²) in [6.07, 6.45) is 0. The van der Waals surface area contributed by atoms with E-state index in [0.717, 1.165) is 22.9 Å². The van der Waals surface area contributed by atoms with Crippen LogP contribution in [0.5, 0.6) is 0 Å². The summed E-state index contributed by atoms with van der Waals surface area (Å²) in [6.45, 7) is 0. The quantitative estimate of drug-likeness (QED) is 0.800. The number of rotatable bonds is 5. The van der Waals surface area contributed by atoms with Gasteiger partial charge in [-0.1, -0.05) is 66.3 Å². The van der Waals surface area contributed by atoms with Gasteiger partial charge < -0.3 is 5.11 Å². The van der Waals surface area contributed by atoms with E-state index in [0.29, 0.717) is 10.6 Å². The molecule has 1 atom stereocenters. The molecule has 0 fully saturated rings. The summed E-state index contributed by atoms with van der Waals surface area (Å²) in [4.78, 5) is 11.3. The smallest absolute Gasteiger partial charge is 0.321 e. The van der Waals surface area contributed by atoms with Crippen LogP contribution >= 0.6 is 35.6 Å². The van der Waals surface area contributed by atoms with Crippen molar-refractivity contribution in [1.29, 1.82) is 0 Å². The fourth-order valence-electron chi connectivity index (χ4n) is 1.87. The number of hydrogen-bond acceptors (Lipinski definition) is 3. The third kappa shape index (κ3) is 3.39. The molecule has 0 saturated carbocycles. The lowest BCUT2D eigenvalue weighted by molar-refractivity contribution is -0.136. The minimum absolute atomic E-state index is 0.433. The molecule has 2 aromatic rings. The number of thioether (sulfide) groups is 1. The van der Waals surface area contributed by atoms with Crippen LogP contribution in [0.1, 0.15) is 10.8 Å². The Morgan fingerprint density at radius 2 is 1.90 bits per heavy atom. The van der Waals surface area contributed by atoms with E-state index < -0.39 is 11.2 Å². The molecule has 0 aliphatic carbocycles. The highest BCUT2D eigenvalue weighted by molar-refractivity contribution is 8.21. The standard InChI is InChI=1S/C15H11ClO2S2/c16-13-8-11(10-4-2-1-3-5-10)6-7-12(13)14(15(17)18)20-9-19/h1-9,14H,(H,17,18). The summed E-state index contributed by atoms with van der Waals surface area (Å²) in [6, 6.07) is 15.2. The molecule has 0 heterocycles. The third-order valence-corrected chi connectivity index (χ3v) is 4.31. The Bertz CT molecular complexity index is 629. The van der Waals surface area contributed by atoms with Gasteiger partial charge in [0.2, 0.25) is 0 Å². The van der Waals surface area contributed by atoms with Crippen molar-refractivity contribution < 1.29 is 9.90 Å². The Hall–Kier alpha value is -1.36. The van der Waals surface area contributed by atoms with E-state index >= 15 is 0 Å². The second kappa shape index (κ2) is 6.88. The number of halogens is 1. The fraction of sp³-hybridized carbons (Fsp3) is 0.0667. The Balaban J connectivity index is 2.39. The molecule has 0 radical (unpaired) electrons. The van der Waals surface area contributed by atoms with Gasteiger partial charge in [0.1, 0.15) is 5.25 Å². The second-order valence-electron chi connectivity index (χ2n) is 4.05. The molecular weight excluding hydrogens is 312 g/mol. The second-order valence-corrected chi connectivity index (χ2v) is 5.97. The third-order valence-electron chi connectivity index (χ3n) is 2.81. The van der Waals surface area contributed by atoms with Crippen LogP contribution in [0, 0.1) is 0 Å². The molecule has 0 aliphatic rings. The van der Waals surface area contributed by atoms with Crippen LogP contribution in [-0.4, -0.2) is 15.8 Å². The van der Waals surface area contributed by atoms with Crippen molar-refractivity contribution in [3.8, 4) is 11.1 Å². The Morgan fingerprint density at radius 1 is 1.20 bits per heavy atom. The van der Waals surface area contributed by atoms with Crippen LogP contribution in [0.25, 0.3) is 11.1 Å². The molecule has 2 rings (SSSR count). The maximum absolute atomic E-state index is 11.3. The van der Waals surface area contributed by atoms with Gasteiger partial charge in [-0.3, -0.25) is 4.79 Å². The lowest BCUT2D eigenvalue weighted by Crippen LogP contribution is -2.08. The first-order valence-corrected chi connectivity index (χ1v) is 7.59. The predicted molar refractivity (Wildman–Crippen MR) is 88.5 cm³/mol. The molecule has 20 heavy (non-hydrogen) atoms. The summed E-state index contributed by atoms with van der Waals surface area (Å²) in [5, 5.41) is 8.88. The number of hydrogen-bond donors (Lipinski definition) is 1. The fourth-order valence-corrected chi connectivity index (χ4v) is 3.14. The molecule has 2 nitrogen and oxygen atoms in total. The largest absolute Gasteiger partial charge is 0.480 e. The van der Waals surface area contributed by atoms with Gasteiger partial charge in [-0.2, -0.15) is 0 Å². The number of aliphatic carboxylic acids is 1. The molecular formula is C15H11ClO2S2. The molecule has 102 valence electrons. The molecule has 2 aromatic carbocycles. The van der Waals surface area contributed by atoms with Crippen molar-refractivity contribution in [3.63, 3.8) is 0 Å². The Morgan fingerprint density at radius 3 is 2.45 bits per heavy atom. The van der Waals surface area contributed by atoms with E-state index in [1.807, 2.05) is 36.4 Å². The van der Waals surface area contributed by atoms with E-state index in [1.54, 1.807) is 12.1 Å². The monoisotopic (exact) mass is 322 g/mol. The number of carboxylic acid groups (broad SMARTS) is 1. The average molecular weight is 323 g/mol. The van der Waals surface area contributed by atoms with Crippen molar-refractivity contribution in [2.75, 3.05) is 0 Å². The van der Waals surface area contributed by atoms with Crippen LogP contribution in [0.2, 0.25) is 5.02 Å². The minimum Gasteiger partial charge on any atom is -0.480 e. The lowest BCUT2D eigenvalue weighted by Gasteiger charge is -2.13. The number of carbonyl (C=O) groups is 1. The normalized spacial score (nSPS) is 11.8. The average Bonchev–Trinajstić information content (AvgIpc) is 2.46. The number of benzene rings is 2. The molecule has 0 aromatic heterocycles. The molecule has 0 aliphatic heterocycles. The van der Waals surface area contributed by atoms with Crippen LogP contribution in [-0.2, 0) is 4.79 Å². The maximum atomic E-state index is 11.3. The van der Waals surface area contributed by atoms with E-state index in [2.05, 4.69) is 0 Å². The Labute approximate surface area is 131 Å². The van der Waals surface area contributed by atoms with Gasteiger partial charge in [-0.15, -0.1) is 11.8 Å². The molecule has 1 unspecified atom stereocenters. The van der Waals surface area contributed by atoms with E-state index in [4.69, 9.17) is 23.8 Å². The summed E-state index contributed by atoms with van der Waals surface area (Å²) in [5.74, 6) is -0.953. The zero-order chi connectivity index (χ0) is 14.5. The van der Waals surface area contributed by atoms with Crippen LogP contribution < -0.4 is 0 Å². The molecule has 0 bridgehead atoms. The first kappa shape index (κ1) is 15.0. The molecule has 5 heteroatoms. The highest BCUT2D eigenvalue weighted by Crippen LogP contribution is 2.35. The van der Waals surface area contributed by atoms with Crippen molar-refractivity contribution in [2.45, 2.75) is 5.25 Å². The van der Waals surface area contributed by atoms with Crippen molar-refractivity contribution >= 4 is 46.2 Å². The van der Waals surface area contributed by atoms with Crippen molar-refractivity contribution in [2.24, 2.45) is 0 Å². The maximum Gasteiger partial charge on any atom is 0.321 e. The summed E-state index contributed by atoms with van der Waals surface area (Å²) in [5.41, 5.74) is 2.55. The molecule has 0 amide bonds. The first-order valence-electron chi connectivity index (χ1n) is 5.80. The van der Waals surface area contributed by atoms with Crippen molar-refractivity contribution in [1.82, 2.24) is 0 Å². The van der Waals surface area contributed by atoms with E-state index in [-0.39, 0.29) is 0 Å². The van der Waals surface area contributed by atoms with E-state index in [1.165, 1.54) is 4.70 Å². The zero-order valence-corrected chi connectivity index (χ0v) is 12.7. The number of carboxylic acids is 1. The van der Waals surface area contributed by atoms with E-state index in [9.17, 15) is 9.90 Å². The van der Waals surface area contributed by atoms with Crippen LogP contribution in [0.15, 0.2) is 48.5 Å². The van der Waals surface area contributed by atoms with Crippen molar-refractivity contribution in [3.05, 3.63) is 59.1 Å². The van der Waals surface area contributed by atoms with Gasteiger partial charge in [-0.05, 0) is 22.8 Å². The SMILES string of the molecule is O=C(O)C(SC=S)c1ccc(-c2ccccc2)cc1Cl. The molecule has 1 N–H and O–H groups in total. The lowest BCUT2D eigenvalue weighted by atomic mass is 10.0. The van der Waals surface area contributed by atoms with Gasteiger partial charge in [0, 0.05) is 9.72 Å². The highest BCUT2D eigenvalue weighted by Gasteiger charge is 2.22. The molecule has 0 spiro atoms. The summed E-state index contributed by atoms with van der Waals surface area (Å²) < 4.78 is 1.35. The summed E-state index contributed by atoms with van der Waals surface area (Å²) >= 11 is 12.0. The first-order chi connectivity index (χ1) is 9.63. The van der Waals surface area contributed by atoms with Gasteiger partial charge in [0.15, 0.2) is 0 Å². The van der Waals surface area contributed by atoms with Gasteiger partial charge in [0.05, 0.1) is 0 Å². The van der Waals surface area contributed by atoms with Crippen LogP contribution in [0.3, 0.4) is 0 Å². The zero-order valence-electron chi connectivity index (χ0n) is 10.3. The van der Waals surface area contributed by atoms with Gasteiger partial charge in [-0.25, -0.2) is 0 Å².